The van der Waals surface area contributed by atoms with Gasteiger partial charge in [0.2, 0.25) is 11.8 Å². The summed E-state index contributed by atoms with van der Waals surface area (Å²) in [4.78, 5) is 29.9. The zero-order chi connectivity index (χ0) is 33.6. The highest BCUT2D eigenvalue weighted by Crippen LogP contribution is 2.30. The van der Waals surface area contributed by atoms with Crippen LogP contribution in [0.1, 0.15) is 43.0 Å². The van der Waals surface area contributed by atoms with Crippen molar-refractivity contribution < 1.29 is 22.4 Å². The quantitative estimate of drug-likeness (QED) is 0.190. The molecule has 2 amide bonds. The van der Waals surface area contributed by atoms with Gasteiger partial charge in [-0.3, -0.25) is 13.9 Å². The molecule has 0 spiro atoms. The average Bonchev–Trinajstić information content (AvgIpc) is 2.98. The first kappa shape index (κ1) is 34.7. The Morgan fingerprint density at radius 2 is 1.50 bits per heavy atom. The van der Waals surface area contributed by atoms with Crippen molar-refractivity contribution in [2.75, 3.05) is 10.8 Å². The minimum Gasteiger partial charge on any atom is -0.350 e. The largest absolute Gasteiger partial charge is 0.350 e. The molecule has 0 aliphatic rings. The van der Waals surface area contributed by atoms with Crippen LogP contribution in [0.15, 0.2) is 102 Å². The van der Waals surface area contributed by atoms with Gasteiger partial charge in [-0.1, -0.05) is 71.8 Å². The lowest BCUT2D eigenvalue weighted by Gasteiger charge is -2.35. The van der Waals surface area contributed by atoms with Gasteiger partial charge in [0.1, 0.15) is 18.4 Å². The first-order chi connectivity index (χ1) is 21.6. The van der Waals surface area contributed by atoms with Crippen molar-refractivity contribution in [3.05, 3.63) is 130 Å². The Hall–Kier alpha value is -4.21. The van der Waals surface area contributed by atoms with Crippen LogP contribution in [0.25, 0.3) is 0 Å². The lowest BCUT2D eigenvalue weighted by atomic mass is 10.0. The fourth-order valence-corrected chi connectivity index (χ4v) is 6.75. The molecule has 0 heterocycles. The number of rotatable bonds is 11. The maximum atomic E-state index is 14.6. The zero-order valence-electron chi connectivity index (χ0n) is 26.6. The molecule has 0 aliphatic carbocycles. The summed E-state index contributed by atoms with van der Waals surface area (Å²) in [7, 11) is -4.25. The molecule has 1 N–H and O–H groups in total. The van der Waals surface area contributed by atoms with Crippen molar-refractivity contribution in [1.82, 2.24) is 10.2 Å². The second-order valence-electron chi connectivity index (χ2n) is 12.3. The van der Waals surface area contributed by atoms with E-state index in [-0.39, 0.29) is 23.5 Å². The number of nitrogens with zero attached hydrogens (tertiary/aromatic N) is 2. The molecule has 0 radical (unpaired) electrons. The Labute approximate surface area is 276 Å². The number of sulfonamides is 1. The zero-order valence-corrected chi connectivity index (χ0v) is 28.2. The maximum Gasteiger partial charge on any atom is 0.264 e. The highest BCUT2D eigenvalue weighted by molar-refractivity contribution is 7.92. The second-order valence-corrected chi connectivity index (χ2v) is 14.6. The van der Waals surface area contributed by atoms with E-state index in [0.29, 0.717) is 16.1 Å². The summed E-state index contributed by atoms with van der Waals surface area (Å²) in [6.45, 7) is 8.43. The molecule has 4 rings (SSSR count). The molecule has 0 bridgehead atoms. The molecule has 7 nitrogen and oxygen atoms in total. The van der Waals surface area contributed by atoms with Gasteiger partial charge in [-0.05, 0) is 93.8 Å². The number of anilines is 1. The van der Waals surface area contributed by atoms with Gasteiger partial charge >= 0.3 is 0 Å². The molecule has 0 saturated heterocycles. The molecule has 4 aromatic carbocycles. The molecule has 0 fully saturated rings. The van der Waals surface area contributed by atoms with Crippen LogP contribution in [0, 0.1) is 19.7 Å². The molecular weight excluding hydrogens is 625 g/mol. The first-order valence-electron chi connectivity index (χ1n) is 14.9. The van der Waals surface area contributed by atoms with E-state index in [9.17, 15) is 22.4 Å². The van der Waals surface area contributed by atoms with Crippen LogP contribution in [-0.4, -0.2) is 43.3 Å². The van der Waals surface area contributed by atoms with E-state index in [1.54, 1.807) is 49.4 Å². The number of hydrogen-bond donors (Lipinski definition) is 1. The monoisotopic (exact) mass is 663 g/mol. The van der Waals surface area contributed by atoms with Crippen LogP contribution in [0.3, 0.4) is 0 Å². The summed E-state index contributed by atoms with van der Waals surface area (Å²) >= 11 is 6.22. The summed E-state index contributed by atoms with van der Waals surface area (Å²) in [5.74, 6) is -1.46. The number of carbonyl (C=O) groups is 2. The molecule has 1 atom stereocenters. The third-order valence-corrected chi connectivity index (χ3v) is 9.36. The number of amides is 2. The van der Waals surface area contributed by atoms with E-state index in [4.69, 9.17) is 11.6 Å². The van der Waals surface area contributed by atoms with Crippen molar-refractivity contribution in [3.63, 3.8) is 0 Å². The molecule has 0 unspecified atom stereocenters. The Morgan fingerprint density at radius 3 is 2.09 bits per heavy atom. The molecule has 4 aromatic rings. The molecule has 0 aliphatic heterocycles. The highest BCUT2D eigenvalue weighted by Gasteiger charge is 2.36. The van der Waals surface area contributed by atoms with E-state index in [1.165, 1.54) is 29.2 Å². The summed E-state index contributed by atoms with van der Waals surface area (Å²) < 4.78 is 43.4. The topological polar surface area (TPSA) is 86.8 Å². The minimum absolute atomic E-state index is 0.0108. The summed E-state index contributed by atoms with van der Waals surface area (Å²) in [5, 5.41) is 3.41. The number of halogens is 2. The van der Waals surface area contributed by atoms with Crippen LogP contribution in [0.2, 0.25) is 5.02 Å². The normalized spacial score (nSPS) is 12.3. The molecule has 0 aromatic heterocycles. The predicted molar refractivity (Wildman–Crippen MR) is 181 cm³/mol. The number of benzene rings is 4. The van der Waals surface area contributed by atoms with Gasteiger partial charge in [-0.2, -0.15) is 0 Å². The van der Waals surface area contributed by atoms with E-state index in [2.05, 4.69) is 5.32 Å². The molecule has 46 heavy (non-hydrogen) atoms. The Bertz CT molecular complexity index is 1780. The van der Waals surface area contributed by atoms with E-state index in [0.717, 1.165) is 15.4 Å². The van der Waals surface area contributed by atoms with Gasteiger partial charge in [0.05, 0.1) is 10.6 Å². The lowest BCUT2D eigenvalue weighted by molar-refractivity contribution is -0.140. The van der Waals surface area contributed by atoms with Gasteiger partial charge in [0.25, 0.3) is 10.0 Å². The lowest BCUT2D eigenvalue weighted by Crippen LogP contribution is -2.56. The van der Waals surface area contributed by atoms with Gasteiger partial charge in [0, 0.05) is 23.5 Å². The molecular formula is C36H39ClFN3O4S. The fraction of sp³-hybridized carbons (Fsp3) is 0.278. The highest BCUT2D eigenvalue weighted by atomic mass is 35.5. The van der Waals surface area contributed by atoms with Gasteiger partial charge in [0.15, 0.2) is 0 Å². The Balaban J connectivity index is 1.84. The summed E-state index contributed by atoms with van der Waals surface area (Å²) in [5.41, 5.74) is 2.48. The second kappa shape index (κ2) is 14.5. The number of carbonyl (C=O) groups excluding carboxylic acids is 2. The average molecular weight is 664 g/mol. The molecule has 0 saturated carbocycles. The molecule has 10 heteroatoms. The van der Waals surface area contributed by atoms with Crippen LogP contribution < -0.4 is 9.62 Å². The van der Waals surface area contributed by atoms with Crippen molar-refractivity contribution in [2.45, 2.75) is 64.1 Å². The van der Waals surface area contributed by atoms with E-state index >= 15 is 0 Å². The predicted octanol–water partition coefficient (Wildman–Crippen LogP) is 6.85. The smallest absolute Gasteiger partial charge is 0.264 e. The number of aryl methyl sites for hydroxylation is 2. The number of nitrogens with one attached hydrogen (secondary N) is 1. The maximum absolute atomic E-state index is 14.6. The third kappa shape index (κ3) is 8.95. The van der Waals surface area contributed by atoms with Crippen molar-refractivity contribution in [1.29, 1.82) is 0 Å². The fourth-order valence-electron chi connectivity index (χ4n) is 5.04. The van der Waals surface area contributed by atoms with Gasteiger partial charge in [-0.25, -0.2) is 12.8 Å². The van der Waals surface area contributed by atoms with Crippen LogP contribution in [0.5, 0.6) is 0 Å². The van der Waals surface area contributed by atoms with Crippen molar-refractivity contribution >= 4 is 39.1 Å². The van der Waals surface area contributed by atoms with Crippen LogP contribution in [-0.2, 0) is 32.6 Å². The Morgan fingerprint density at radius 1 is 0.870 bits per heavy atom. The standard InChI is InChI=1S/C36H39ClFN3O4S/c1-25-11-18-31(19-12-25)46(44,45)41(32-20-15-29(37)21-26(32)2)24-34(42)40(23-28-13-16-30(38)17-14-28)33(35(43)39-36(3,4)5)22-27-9-7-6-8-10-27/h6-21,33H,22-24H2,1-5H3,(H,39,43)/t33-/m1/s1. The third-order valence-electron chi connectivity index (χ3n) is 7.35. The van der Waals surface area contributed by atoms with E-state index < -0.39 is 45.8 Å². The molecule has 242 valence electrons. The number of hydrogen-bond acceptors (Lipinski definition) is 4. The van der Waals surface area contributed by atoms with Crippen molar-refractivity contribution in [2.24, 2.45) is 0 Å². The van der Waals surface area contributed by atoms with Crippen LogP contribution in [0.4, 0.5) is 10.1 Å². The minimum atomic E-state index is -4.25. The SMILES string of the molecule is Cc1ccc(S(=O)(=O)N(CC(=O)N(Cc2ccc(F)cc2)[C@H](Cc2ccccc2)C(=O)NC(C)(C)C)c2ccc(Cl)cc2C)cc1. The van der Waals surface area contributed by atoms with Gasteiger partial charge in [-0.15, -0.1) is 0 Å². The summed E-state index contributed by atoms with van der Waals surface area (Å²) in [6.07, 6.45) is 0.167. The van der Waals surface area contributed by atoms with Gasteiger partial charge < -0.3 is 10.2 Å². The Kier molecular flexibility index (Phi) is 10.9. The summed E-state index contributed by atoms with van der Waals surface area (Å²) in [6, 6.07) is 25.0. The van der Waals surface area contributed by atoms with Crippen LogP contribution >= 0.6 is 11.6 Å². The van der Waals surface area contributed by atoms with Crippen molar-refractivity contribution in [3.8, 4) is 0 Å². The first-order valence-corrected chi connectivity index (χ1v) is 16.7. The van der Waals surface area contributed by atoms with E-state index in [1.807, 2.05) is 58.0 Å².